The van der Waals surface area contributed by atoms with Gasteiger partial charge in [-0.2, -0.15) is 0 Å². The van der Waals surface area contributed by atoms with Gasteiger partial charge >= 0.3 is 12.1 Å². The number of amides is 3. The van der Waals surface area contributed by atoms with Crippen molar-refractivity contribution in [1.29, 1.82) is 0 Å². The zero-order valence-electron chi connectivity index (χ0n) is 29.6. The summed E-state index contributed by atoms with van der Waals surface area (Å²) in [5, 5.41) is 21.5. The molecule has 1 fully saturated rings. The molecule has 4 atom stereocenters. The van der Waals surface area contributed by atoms with Crippen molar-refractivity contribution in [3.63, 3.8) is 0 Å². The van der Waals surface area contributed by atoms with Crippen LogP contribution >= 0.6 is 11.3 Å². The van der Waals surface area contributed by atoms with E-state index in [1.165, 1.54) is 11.3 Å². The van der Waals surface area contributed by atoms with E-state index in [9.17, 15) is 32.7 Å². The average molecular weight is 737 g/mol. The molecule has 1 aliphatic carbocycles. The Labute approximate surface area is 299 Å². The van der Waals surface area contributed by atoms with Gasteiger partial charge in [-0.3, -0.25) is 14.4 Å². The van der Waals surface area contributed by atoms with Crippen LogP contribution in [0.25, 0.3) is 0 Å². The quantitative estimate of drug-likeness (QED) is 0.164. The average Bonchev–Trinajstić information content (AvgIpc) is 3.49. The van der Waals surface area contributed by atoms with Gasteiger partial charge in [-0.15, -0.1) is 11.3 Å². The van der Waals surface area contributed by atoms with E-state index >= 15 is 0 Å². The Balaban J connectivity index is 1.48. The first kappa shape index (κ1) is 40.9. The van der Waals surface area contributed by atoms with Crippen molar-refractivity contribution in [3.8, 4) is 0 Å². The molecule has 3 amide bonds. The van der Waals surface area contributed by atoms with Crippen LogP contribution in [0.1, 0.15) is 75.6 Å². The number of aryl methyl sites for hydroxylation is 1. The molecule has 1 aliphatic rings. The minimum Gasteiger partial charge on any atom is -0.461 e. The van der Waals surface area contributed by atoms with E-state index in [-0.39, 0.29) is 49.3 Å². The molecule has 50 heavy (non-hydrogen) atoms. The highest BCUT2D eigenvalue weighted by Gasteiger charge is 2.32. The van der Waals surface area contributed by atoms with Crippen molar-refractivity contribution >= 4 is 45.1 Å². The van der Waals surface area contributed by atoms with Crippen LogP contribution < -0.4 is 16.0 Å². The highest BCUT2D eigenvalue weighted by Crippen LogP contribution is 2.29. The number of aromatic nitrogens is 1. The summed E-state index contributed by atoms with van der Waals surface area (Å²) in [6.45, 7) is 7.87. The van der Waals surface area contributed by atoms with Crippen LogP contribution in [0.15, 0.2) is 35.7 Å². The Bertz CT molecular complexity index is 1510. The van der Waals surface area contributed by atoms with Crippen molar-refractivity contribution in [1.82, 2.24) is 20.9 Å². The summed E-state index contributed by atoms with van der Waals surface area (Å²) in [6.07, 6.45) is 2.18. The number of carbonyl (C=O) groups is 4. The predicted molar refractivity (Wildman–Crippen MR) is 190 cm³/mol. The minimum atomic E-state index is -3.70. The van der Waals surface area contributed by atoms with Crippen LogP contribution in [0, 0.1) is 30.6 Å². The number of thiazole rings is 1. The molecular formula is C35H52N4O9S2. The molecule has 15 heteroatoms. The summed E-state index contributed by atoms with van der Waals surface area (Å²) < 4.78 is 34.9. The molecule has 1 saturated carbocycles. The molecule has 0 spiro atoms. The molecule has 1 aromatic carbocycles. The Morgan fingerprint density at radius 1 is 0.960 bits per heavy atom. The van der Waals surface area contributed by atoms with Crippen LogP contribution in [0.2, 0.25) is 0 Å². The third-order valence-corrected chi connectivity index (χ3v) is 10.5. The number of carbonyl (C=O) groups excluding carboxylic acids is 4. The highest BCUT2D eigenvalue weighted by molar-refractivity contribution is 7.90. The summed E-state index contributed by atoms with van der Waals surface area (Å²) in [6, 6.07) is 7.26. The number of ether oxygens (including phenoxy) is 2. The molecule has 0 unspecified atom stereocenters. The number of hydrogen-bond acceptors (Lipinski definition) is 11. The lowest BCUT2D eigenvalue weighted by Crippen LogP contribution is -2.55. The third-order valence-electron chi connectivity index (χ3n) is 8.60. The fourth-order valence-electron chi connectivity index (χ4n) is 5.87. The van der Waals surface area contributed by atoms with Gasteiger partial charge in [0.25, 0.3) is 0 Å². The van der Waals surface area contributed by atoms with Gasteiger partial charge in [-0.05, 0) is 62.8 Å². The van der Waals surface area contributed by atoms with Gasteiger partial charge in [0, 0.05) is 29.8 Å². The highest BCUT2D eigenvalue weighted by atomic mass is 32.2. The maximum Gasteiger partial charge on any atom is 0.408 e. The summed E-state index contributed by atoms with van der Waals surface area (Å²) in [7, 11) is -3.70. The smallest absolute Gasteiger partial charge is 0.408 e. The second-order valence-electron chi connectivity index (χ2n) is 13.8. The van der Waals surface area contributed by atoms with Gasteiger partial charge in [-0.25, -0.2) is 18.2 Å². The van der Waals surface area contributed by atoms with Crippen LogP contribution in [0.5, 0.6) is 0 Å². The zero-order valence-corrected chi connectivity index (χ0v) is 31.2. The Morgan fingerprint density at radius 3 is 2.24 bits per heavy atom. The monoisotopic (exact) mass is 736 g/mol. The Kier molecular flexibility index (Phi) is 16.1. The number of benzene rings is 1. The Morgan fingerprint density at radius 2 is 1.64 bits per heavy atom. The maximum absolute atomic E-state index is 13.3. The first-order valence-corrected chi connectivity index (χ1v) is 20.0. The second-order valence-corrected chi connectivity index (χ2v) is 16.9. The van der Waals surface area contributed by atoms with Gasteiger partial charge in [0.2, 0.25) is 11.8 Å². The van der Waals surface area contributed by atoms with E-state index in [0.717, 1.165) is 30.4 Å². The SMILES string of the molecule is Cc1csc(COC(=O)N[C@@H](CS(C)(=O)=O)C(=O)N[C@H](CC(C)C)[C@@H](O)C[C@@H](C)C(=O)NCC2CCC(C(=O)OCc3ccccc3)CC2)n1. The summed E-state index contributed by atoms with van der Waals surface area (Å²) in [4.78, 5) is 55.6. The molecule has 0 radical (unpaired) electrons. The van der Waals surface area contributed by atoms with Crippen LogP contribution in [-0.4, -0.2) is 79.1 Å². The fraction of sp³-hybridized carbons (Fsp3) is 0.629. The predicted octanol–water partition coefficient (Wildman–Crippen LogP) is 3.67. The molecule has 0 aliphatic heterocycles. The number of sulfone groups is 1. The molecule has 0 saturated heterocycles. The molecule has 1 aromatic heterocycles. The Hall–Kier alpha value is -3.56. The first-order chi connectivity index (χ1) is 23.6. The molecule has 2 aromatic rings. The third kappa shape index (κ3) is 14.7. The number of alkyl carbamates (subject to hydrolysis) is 1. The fourth-order valence-corrected chi connectivity index (χ4v) is 7.39. The lowest BCUT2D eigenvalue weighted by Gasteiger charge is -2.30. The van der Waals surface area contributed by atoms with Crippen molar-refractivity contribution in [2.24, 2.45) is 23.7 Å². The van der Waals surface area contributed by atoms with Gasteiger partial charge in [-0.1, -0.05) is 51.1 Å². The van der Waals surface area contributed by atoms with Gasteiger partial charge in [0.05, 0.1) is 23.8 Å². The summed E-state index contributed by atoms with van der Waals surface area (Å²) >= 11 is 1.30. The largest absolute Gasteiger partial charge is 0.461 e. The number of esters is 1. The maximum atomic E-state index is 13.3. The topological polar surface area (TPSA) is 190 Å². The standard InChI is InChI=1S/C35H52N4O9S2/c1-22(2)15-28(38-33(42)29(21-50(5,45)46)39-35(44)48-19-31-37-24(4)20-49-31)30(40)16-23(3)32(41)36-17-25-11-13-27(14-12-25)34(43)47-18-26-9-7-6-8-10-26/h6-10,20,22-23,25,27-30,40H,11-19,21H2,1-5H3,(H,36,41)(H,38,42)(H,39,44)/t23-,25?,27?,28-,29+,30+/m1/s1. The van der Waals surface area contributed by atoms with Crippen molar-refractivity contribution in [3.05, 3.63) is 52.0 Å². The van der Waals surface area contributed by atoms with Crippen molar-refractivity contribution in [2.75, 3.05) is 18.6 Å². The van der Waals surface area contributed by atoms with E-state index in [1.807, 2.05) is 44.2 Å². The van der Waals surface area contributed by atoms with E-state index in [4.69, 9.17) is 9.47 Å². The van der Waals surface area contributed by atoms with Gasteiger partial charge in [0.15, 0.2) is 0 Å². The minimum absolute atomic E-state index is 0.0397. The molecule has 13 nitrogen and oxygen atoms in total. The number of nitrogens with zero attached hydrogens (tertiary/aromatic N) is 1. The molecule has 4 N–H and O–H groups in total. The summed E-state index contributed by atoms with van der Waals surface area (Å²) in [5.74, 6) is -2.38. The number of hydrogen-bond donors (Lipinski definition) is 4. The van der Waals surface area contributed by atoms with Crippen LogP contribution in [0.3, 0.4) is 0 Å². The van der Waals surface area contributed by atoms with Gasteiger partial charge < -0.3 is 30.5 Å². The number of aliphatic hydroxyl groups is 1. The van der Waals surface area contributed by atoms with E-state index in [0.29, 0.717) is 30.8 Å². The molecule has 3 rings (SSSR count). The van der Waals surface area contributed by atoms with Gasteiger partial charge in [0.1, 0.15) is 34.1 Å². The van der Waals surface area contributed by atoms with Crippen molar-refractivity contribution < 1.29 is 42.2 Å². The van der Waals surface area contributed by atoms with Crippen LogP contribution in [-0.2, 0) is 46.9 Å². The zero-order chi connectivity index (χ0) is 36.8. The number of nitrogens with one attached hydrogen (secondary N) is 3. The molecule has 1 heterocycles. The lowest BCUT2D eigenvalue weighted by molar-refractivity contribution is -0.151. The number of aliphatic hydroxyl groups excluding tert-OH is 1. The first-order valence-electron chi connectivity index (χ1n) is 17.1. The van der Waals surface area contributed by atoms with Crippen LogP contribution in [0.4, 0.5) is 4.79 Å². The van der Waals surface area contributed by atoms with E-state index < -0.39 is 51.7 Å². The normalized spacial score (nSPS) is 18.7. The second kappa shape index (κ2) is 19.7. The van der Waals surface area contributed by atoms with E-state index in [1.54, 1.807) is 19.2 Å². The lowest BCUT2D eigenvalue weighted by atomic mass is 9.82. The van der Waals surface area contributed by atoms with E-state index in [2.05, 4.69) is 20.9 Å². The number of rotatable bonds is 18. The molecular weight excluding hydrogens is 685 g/mol. The summed E-state index contributed by atoms with van der Waals surface area (Å²) in [5.41, 5.74) is 1.71. The molecule has 0 bridgehead atoms. The molecule has 278 valence electrons. The van der Waals surface area contributed by atoms with Crippen molar-refractivity contribution in [2.45, 2.75) is 97.6 Å².